The second-order valence-electron chi connectivity index (χ2n) is 3.64. The Morgan fingerprint density at radius 3 is 2.79 bits per heavy atom. The highest BCUT2D eigenvalue weighted by Gasteiger charge is 2.05. The Morgan fingerprint density at radius 2 is 2.11 bits per heavy atom. The maximum Gasteiger partial charge on any atom is 0.323 e. The van der Waals surface area contributed by atoms with Crippen molar-refractivity contribution in [2.24, 2.45) is 0 Å². The summed E-state index contributed by atoms with van der Waals surface area (Å²) in [5, 5.41) is 10.1. The number of aromatic nitrogens is 5. The molecule has 0 aliphatic heterocycles. The van der Waals surface area contributed by atoms with Gasteiger partial charge >= 0.3 is 6.01 Å². The maximum absolute atomic E-state index is 5.28. The van der Waals surface area contributed by atoms with Gasteiger partial charge in [-0.05, 0) is 13.0 Å². The number of nitrogens with zero attached hydrogens (tertiary/aromatic N) is 5. The van der Waals surface area contributed by atoms with E-state index in [0.717, 1.165) is 6.54 Å². The van der Waals surface area contributed by atoms with Crippen molar-refractivity contribution in [3.8, 4) is 6.01 Å². The molecule has 19 heavy (non-hydrogen) atoms. The van der Waals surface area contributed by atoms with E-state index in [0.29, 0.717) is 31.1 Å². The van der Waals surface area contributed by atoms with Crippen molar-refractivity contribution in [3.05, 3.63) is 18.5 Å². The predicted octanol–water partition coefficient (Wildman–Crippen LogP) is 0.621. The van der Waals surface area contributed by atoms with Crippen molar-refractivity contribution in [2.75, 3.05) is 30.8 Å². The highest BCUT2D eigenvalue weighted by atomic mass is 16.5. The molecule has 0 aliphatic rings. The van der Waals surface area contributed by atoms with Gasteiger partial charge in [-0.15, -0.1) is 0 Å². The number of rotatable bonds is 7. The SMILES string of the molecule is CCOc1nc(NC)nc(NCCn2cccn2)n1. The Kier molecular flexibility index (Phi) is 4.49. The van der Waals surface area contributed by atoms with Crippen molar-refractivity contribution < 1.29 is 4.74 Å². The van der Waals surface area contributed by atoms with E-state index >= 15 is 0 Å². The molecule has 0 amide bonds. The van der Waals surface area contributed by atoms with Crippen LogP contribution in [-0.4, -0.2) is 44.9 Å². The van der Waals surface area contributed by atoms with Crippen molar-refractivity contribution in [3.63, 3.8) is 0 Å². The molecular formula is C11H17N7O. The normalized spacial score (nSPS) is 10.2. The molecule has 0 radical (unpaired) electrons. The predicted molar refractivity (Wildman–Crippen MR) is 71.3 cm³/mol. The van der Waals surface area contributed by atoms with Gasteiger partial charge in [0, 0.05) is 26.0 Å². The van der Waals surface area contributed by atoms with Crippen molar-refractivity contribution in [2.45, 2.75) is 13.5 Å². The van der Waals surface area contributed by atoms with Gasteiger partial charge in [0.15, 0.2) is 0 Å². The van der Waals surface area contributed by atoms with Gasteiger partial charge in [-0.25, -0.2) is 0 Å². The second kappa shape index (κ2) is 6.53. The summed E-state index contributed by atoms with van der Waals surface area (Å²) in [5.74, 6) is 0.954. The lowest BCUT2D eigenvalue weighted by Gasteiger charge is -2.08. The van der Waals surface area contributed by atoms with Crippen LogP contribution in [-0.2, 0) is 6.54 Å². The van der Waals surface area contributed by atoms with Crippen LogP contribution >= 0.6 is 0 Å². The summed E-state index contributed by atoms with van der Waals surface area (Å²) in [6.07, 6.45) is 3.65. The van der Waals surface area contributed by atoms with Gasteiger partial charge < -0.3 is 15.4 Å². The smallest absolute Gasteiger partial charge is 0.323 e. The molecule has 0 atom stereocenters. The molecular weight excluding hydrogens is 246 g/mol. The van der Waals surface area contributed by atoms with Gasteiger partial charge in [0.2, 0.25) is 11.9 Å². The van der Waals surface area contributed by atoms with Crippen molar-refractivity contribution >= 4 is 11.9 Å². The van der Waals surface area contributed by atoms with Crippen LogP contribution in [0.25, 0.3) is 0 Å². The van der Waals surface area contributed by atoms with E-state index in [2.05, 4.69) is 30.7 Å². The fourth-order valence-electron chi connectivity index (χ4n) is 1.46. The van der Waals surface area contributed by atoms with Crippen LogP contribution in [0.4, 0.5) is 11.9 Å². The van der Waals surface area contributed by atoms with Crippen LogP contribution in [0.15, 0.2) is 18.5 Å². The Hall–Kier alpha value is -2.38. The average Bonchev–Trinajstić information content (AvgIpc) is 2.92. The van der Waals surface area contributed by atoms with E-state index in [1.807, 2.05) is 23.9 Å². The number of hydrogen-bond donors (Lipinski definition) is 2. The molecule has 0 aromatic carbocycles. The molecule has 2 heterocycles. The van der Waals surface area contributed by atoms with Crippen molar-refractivity contribution in [1.82, 2.24) is 24.7 Å². The third kappa shape index (κ3) is 3.80. The van der Waals surface area contributed by atoms with Crippen molar-refractivity contribution in [1.29, 1.82) is 0 Å². The first-order valence-electron chi connectivity index (χ1n) is 6.09. The van der Waals surface area contributed by atoms with E-state index in [1.165, 1.54) is 0 Å². The fraction of sp³-hybridized carbons (Fsp3) is 0.455. The summed E-state index contributed by atoms with van der Waals surface area (Å²) in [4.78, 5) is 12.5. The summed E-state index contributed by atoms with van der Waals surface area (Å²) in [6, 6.07) is 2.19. The standard InChI is InChI=1S/C11H17N7O/c1-3-19-11-16-9(12-2)15-10(17-11)13-6-8-18-7-4-5-14-18/h4-5,7H,3,6,8H2,1-2H3,(H2,12,13,15,16,17). The first kappa shape index (κ1) is 13.1. The average molecular weight is 263 g/mol. The zero-order valence-electron chi connectivity index (χ0n) is 11.0. The Bertz CT molecular complexity index is 500. The van der Waals surface area contributed by atoms with Crippen LogP contribution < -0.4 is 15.4 Å². The molecule has 2 rings (SSSR count). The van der Waals surface area contributed by atoms with Gasteiger partial charge in [-0.3, -0.25) is 4.68 Å². The number of ether oxygens (including phenoxy) is 1. The minimum absolute atomic E-state index is 0.309. The van der Waals surface area contributed by atoms with Gasteiger partial charge in [-0.2, -0.15) is 20.1 Å². The molecule has 0 aliphatic carbocycles. The summed E-state index contributed by atoms with van der Waals surface area (Å²) < 4.78 is 7.11. The zero-order valence-corrected chi connectivity index (χ0v) is 11.0. The minimum atomic E-state index is 0.309. The molecule has 0 saturated carbocycles. The van der Waals surface area contributed by atoms with E-state index in [1.54, 1.807) is 13.2 Å². The molecule has 8 nitrogen and oxygen atoms in total. The maximum atomic E-state index is 5.28. The second-order valence-corrected chi connectivity index (χ2v) is 3.64. The summed E-state index contributed by atoms with van der Waals surface area (Å²) >= 11 is 0. The largest absolute Gasteiger partial charge is 0.464 e. The Labute approximate surface area is 111 Å². The molecule has 2 aromatic rings. The molecule has 0 saturated heterocycles. The summed E-state index contributed by atoms with van der Waals surface area (Å²) in [6.45, 7) is 3.80. The summed E-state index contributed by atoms with van der Waals surface area (Å²) in [5.41, 5.74) is 0. The minimum Gasteiger partial charge on any atom is -0.464 e. The Balaban J connectivity index is 1.96. The van der Waals surface area contributed by atoms with E-state index < -0.39 is 0 Å². The molecule has 8 heteroatoms. The highest BCUT2D eigenvalue weighted by Crippen LogP contribution is 2.10. The molecule has 0 unspecified atom stereocenters. The van der Waals surface area contributed by atoms with Gasteiger partial charge in [0.25, 0.3) is 0 Å². The van der Waals surface area contributed by atoms with Gasteiger partial charge in [-0.1, -0.05) is 0 Å². The molecule has 0 bridgehead atoms. The van der Waals surface area contributed by atoms with Crippen LogP contribution in [0.3, 0.4) is 0 Å². The lowest BCUT2D eigenvalue weighted by atomic mass is 10.6. The van der Waals surface area contributed by atoms with E-state index in [9.17, 15) is 0 Å². The Morgan fingerprint density at radius 1 is 1.26 bits per heavy atom. The van der Waals surface area contributed by atoms with Crippen LogP contribution in [0, 0.1) is 0 Å². The fourth-order valence-corrected chi connectivity index (χ4v) is 1.46. The first-order valence-corrected chi connectivity index (χ1v) is 6.09. The number of hydrogen-bond acceptors (Lipinski definition) is 7. The van der Waals surface area contributed by atoms with E-state index in [4.69, 9.17) is 4.74 Å². The van der Waals surface area contributed by atoms with Gasteiger partial charge in [0.05, 0.1) is 13.2 Å². The third-order valence-electron chi connectivity index (χ3n) is 2.30. The van der Waals surface area contributed by atoms with E-state index in [-0.39, 0.29) is 0 Å². The van der Waals surface area contributed by atoms with Crippen LogP contribution in [0.2, 0.25) is 0 Å². The molecule has 0 spiro atoms. The number of anilines is 2. The monoisotopic (exact) mass is 263 g/mol. The summed E-state index contributed by atoms with van der Waals surface area (Å²) in [7, 11) is 1.75. The topological polar surface area (TPSA) is 89.8 Å². The van der Waals surface area contributed by atoms with Crippen LogP contribution in [0.5, 0.6) is 6.01 Å². The van der Waals surface area contributed by atoms with Gasteiger partial charge in [0.1, 0.15) is 0 Å². The lowest BCUT2D eigenvalue weighted by molar-refractivity contribution is 0.312. The third-order valence-corrected chi connectivity index (χ3v) is 2.30. The molecule has 0 fully saturated rings. The molecule has 2 N–H and O–H groups in total. The molecule has 2 aromatic heterocycles. The highest BCUT2D eigenvalue weighted by molar-refractivity contribution is 5.35. The lowest BCUT2D eigenvalue weighted by Crippen LogP contribution is -2.14. The van der Waals surface area contributed by atoms with Crippen LogP contribution in [0.1, 0.15) is 6.92 Å². The zero-order chi connectivity index (χ0) is 13.5. The molecule has 102 valence electrons. The first-order chi connectivity index (χ1) is 9.31. The number of nitrogens with one attached hydrogen (secondary N) is 2. The quantitative estimate of drug-likeness (QED) is 0.756.